The van der Waals surface area contributed by atoms with Gasteiger partial charge < -0.3 is 9.73 Å². The number of anilines is 1. The average Bonchev–Trinajstić information content (AvgIpc) is 3.11. The summed E-state index contributed by atoms with van der Waals surface area (Å²) < 4.78 is 6.03. The van der Waals surface area contributed by atoms with Gasteiger partial charge in [0.15, 0.2) is 0 Å². The van der Waals surface area contributed by atoms with Crippen LogP contribution in [0.1, 0.15) is 44.4 Å². The number of hydrogen-bond acceptors (Lipinski definition) is 5. The molecular formula is C20H21Cl2N3O2S. The molecule has 4 saturated carbocycles. The molecular weight excluding hydrogens is 417 g/mol. The molecule has 1 aromatic heterocycles. The van der Waals surface area contributed by atoms with Crippen molar-refractivity contribution in [2.45, 2.75) is 49.2 Å². The predicted molar refractivity (Wildman–Crippen MR) is 110 cm³/mol. The fraction of sp³-hybridized carbons (Fsp3) is 0.550. The van der Waals surface area contributed by atoms with Crippen LogP contribution < -0.4 is 5.32 Å². The monoisotopic (exact) mass is 437 g/mol. The Balaban J connectivity index is 1.22. The zero-order valence-corrected chi connectivity index (χ0v) is 17.6. The highest BCUT2D eigenvalue weighted by atomic mass is 35.5. The normalized spacial score (nSPS) is 30.6. The van der Waals surface area contributed by atoms with Crippen molar-refractivity contribution < 1.29 is 9.21 Å². The lowest BCUT2D eigenvalue weighted by Crippen LogP contribution is -2.48. The summed E-state index contributed by atoms with van der Waals surface area (Å²) in [6, 6.07) is 4.97. The van der Waals surface area contributed by atoms with Crippen LogP contribution >= 0.6 is 35.0 Å². The number of hydrogen-bond donors (Lipinski definition) is 1. The molecule has 8 heteroatoms. The van der Waals surface area contributed by atoms with E-state index in [1.807, 2.05) is 0 Å². The molecule has 4 fully saturated rings. The van der Waals surface area contributed by atoms with Gasteiger partial charge in [0.25, 0.3) is 5.22 Å². The number of aromatic nitrogens is 2. The summed E-state index contributed by atoms with van der Waals surface area (Å²) >= 11 is 13.2. The first-order valence-electron chi connectivity index (χ1n) is 9.71. The van der Waals surface area contributed by atoms with Gasteiger partial charge in [-0.05, 0) is 74.5 Å². The Morgan fingerprint density at radius 1 is 1.14 bits per heavy atom. The van der Waals surface area contributed by atoms with E-state index in [0.29, 0.717) is 21.0 Å². The van der Waals surface area contributed by atoms with Crippen LogP contribution in [0.5, 0.6) is 0 Å². The van der Waals surface area contributed by atoms with E-state index in [2.05, 4.69) is 15.5 Å². The highest BCUT2D eigenvalue weighted by Crippen LogP contribution is 2.60. The smallest absolute Gasteiger partial charge is 0.277 e. The molecule has 28 heavy (non-hydrogen) atoms. The number of rotatable bonds is 5. The fourth-order valence-corrected chi connectivity index (χ4v) is 6.78. The van der Waals surface area contributed by atoms with E-state index in [1.54, 1.807) is 18.2 Å². The Morgan fingerprint density at radius 3 is 2.46 bits per heavy atom. The first kappa shape index (κ1) is 18.8. The van der Waals surface area contributed by atoms with Crippen molar-refractivity contribution in [1.82, 2.24) is 10.2 Å². The van der Waals surface area contributed by atoms with Crippen LogP contribution in [0.15, 0.2) is 27.8 Å². The lowest BCUT2D eigenvalue weighted by atomic mass is 9.49. The third kappa shape index (κ3) is 3.55. The molecule has 148 valence electrons. The molecule has 4 aliphatic rings. The fourth-order valence-electron chi connectivity index (χ4n) is 5.76. The van der Waals surface area contributed by atoms with Crippen molar-refractivity contribution in [3.05, 3.63) is 34.1 Å². The Morgan fingerprint density at radius 2 is 1.82 bits per heavy atom. The summed E-state index contributed by atoms with van der Waals surface area (Å²) in [7, 11) is 0. The maximum absolute atomic E-state index is 12.2. The van der Waals surface area contributed by atoms with Gasteiger partial charge in [0.1, 0.15) is 0 Å². The molecule has 5 nitrogen and oxygen atoms in total. The minimum Gasteiger partial charge on any atom is -0.415 e. The molecule has 0 spiro atoms. The quantitative estimate of drug-likeness (QED) is 0.618. The number of amides is 1. The van der Waals surface area contributed by atoms with Crippen LogP contribution in [0, 0.1) is 17.8 Å². The summed E-state index contributed by atoms with van der Waals surface area (Å²) in [5.74, 6) is 3.26. The molecule has 0 unspecified atom stereocenters. The molecule has 1 aromatic carbocycles. The van der Waals surface area contributed by atoms with Crippen LogP contribution in [-0.2, 0) is 10.2 Å². The van der Waals surface area contributed by atoms with Gasteiger partial charge >= 0.3 is 0 Å². The summed E-state index contributed by atoms with van der Waals surface area (Å²) in [6.07, 6.45) is 7.68. The topological polar surface area (TPSA) is 68.0 Å². The second-order valence-corrected chi connectivity index (χ2v) is 10.3. The van der Waals surface area contributed by atoms with Gasteiger partial charge in [-0.3, -0.25) is 4.79 Å². The number of thioether (sulfide) groups is 1. The van der Waals surface area contributed by atoms with Crippen molar-refractivity contribution in [2.75, 3.05) is 11.1 Å². The number of nitrogens with one attached hydrogen (secondary N) is 1. The van der Waals surface area contributed by atoms with E-state index < -0.39 is 0 Å². The van der Waals surface area contributed by atoms with Gasteiger partial charge in [-0.15, -0.1) is 10.2 Å². The van der Waals surface area contributed by atoms with E-state index in [-0.39, 0.29) is 17.1 Å². The highest BCUT2D eigenvalue weighted by molar-refractivity contribution is 7.99. The zero-order valence-electron chi connectivity index (χ0n) is 15.3. The third-order valence-electron chi connectivity index (χ3n) is 6.43. The summed E-state index contributed by atoms with van der Waals surface area (Å²) in [5.41, 5.74) is 0.621. The molecule has 0 saturated heterocycles. The largest absolute Gasteiger partial charge is 0.415 e. The molecule has 0 radical (unpaired) electrons. The minimum absolute atomic E-state index is 0.0830. The van der Waals surface area contributed by atoms with E-state index in [4.69, 9.17) is 27.6 Å². The molecule has 0 atom stereocenters. The van der Waals surface area contributed by atoms with E-state index in [1.165, 1.54) is 50.3 Å². The van der Waals surface area contributed by atoms with E-state index in [9.17, 15) is 4.79 Å². The van der Waals surface area contributed by atoms with Gasteiger partial charge in [0.2, 0.25) is 11.8 Å². The van der Waals surface area contributed by atoms with Gasteiger partial charge in [-0.1, -0.05) is 35.0 Å². The number of carbonyl (C=O) groups excluding carboxylic acids is 1. The van der Waals surface area contributed by atoms with Gasteiger partial charge in [0.05, 0.1) is 16.5 Å². The van der Waals surface area contributed by atoms with Crippen LogP contribution in [-0.4, -0.2) is 21.9 Å². The molecule has 6 rings (SSSR count). The van der Waals surface area contributed by atoms with Crippen molar-refractivity contribution >= 4 is 46.6 Å². The lowest BCUT2D eigenvalue weighted by molar-refractivity contribution is -0.113. The number of halogens is 2. The second-order valence-electron chi connectivity index (χ2n) is 8.53. The van der Waals surface area contributed by atoms with Crippen LogP contribution in [0.2, 0.25) is 10.0 Å². The Bertz CT molecular complexity index is 881. The highest BCUT2D eigenvalue weighted by Gasteiger charge is 2.54. The van der Waals surface area contributed by atoms with Crippen molar-refractivity contribution in [3.8, 4) is 0 Å². The van der Waals surface area contributed by atoms with Crippen LogP contribution in [0.25, 0.3) is 0 Å². The van der Waals surface area contributed by atoms with Gasteiger partial charge in [-0.2, -0.15) is 0 Å². The molecule has 1 heterocycles. The maximum Gasteiger partial charge on any atom is 0.277 e. The SMILES string of the molecule is O=C(CSc1nnc(C23CC4CC(CC(C4)C2)C3)o1)Nc1ccc(Cl)cc1Cl. The van der Waals surface area contributed by atoms with Gasteiger partial charge in [0, 0.05) is 10.4 Å². The Hall–Kier alpha value is -1.24. The molecule has 1 N–H and O–H groups in total. The zero-order chi connectivity index (χ0) is 19.3. The minimum atomic E-state index is -0.177. The number of carbonyl (C=O) groups is 1. The third-order valence-corrected chi connectivity index (χ3v) is 7.80. The Kier molecular flexibility index (Phi) is 4.84. The predicted octanol–water partition coefficient (Wildman–Crippen LogP) is 5.58. The van der Waals surface area contributed by atoms with Crippen LogP contribution in [0.3, 0.4) is 0 Å². The number of nitrogens with zero attached hydrogens (tertiary/aromatic N) is 2. The first-order valence-corrected chi connectivity index (χ1v) is 11.4. The molecule has 0 aliphatic heterocycles. The van der Waals surface area contributed by atoms with E-state index >= 15 is 0 Å². The molecule has 4 aliphatic carbocycles. The van der Waals surface area contributed by atoms with E-state index in [0.717, 1.165) is 23.6 Å². The Labute approximate surface area is 177 Å². The molecule has 1 amide bonds. The van der Waals surface area contributed by atoms with Crippen molar-refractivity contribution in [3.63, 3.8) is 0 Å². The van der Waals surface area contributed by atoms with Crippen molar-refractivity contribution in [2.24, 2.45) is 17.8 Å². The first-order chi connectivity index (χ1) is 13.5. The molecule has 4 bridgehead atoms. The maximum atomic E-state index is 12.2. The average molecular weight is 438 g/mol. The second kappa shape index (κ2) is 7.22. The summed E-state index contributed by atoms with van der Waals surface area (Å²) in [4.78, 5) is 12.2. The molecule has 2 aromatic rings. The van der Waals surface area contributed by atoms with Gasteiger partial charge in [-0.25, -0.2) is 0 Å². The summed E-state index contributed by atoms with van der Waals surface area (Å²) in [5, 5.41) is 12.8. The van der Waals surface area contributed by atoms with Crippen molar-refractivity contribution in [1.29, 1.82) is 0 Å². The number of benzene rings is 1. The summed E-state index contributed by atoms with van der Waals surface area (Å²) in [6.45, 7) is 0. The lowest BCUT2D eigenvalue weighted by Gasteiger charge is -2.55. The van der Waals surface area contributed by atoms with Crippen LogP contribution in [0.4, 0.5) is 5.69 Å². The standard InChI is InChI=1S/C20H21Cl2N3O2S/c21-14-1-2-16(15(22)6-14)23-17(26)10-28-19-25-24-18(27-19)20-7-11-3-12(8-20)5-13(4-11)9-20/h1-2,6,11-13H,3-5,7-10H2,(H,23,26).